The molecule has 250 valence electrons. The van der Waals surface area contributed by atoms with E-state index in [2.05, 4.69) is 75.8 Å². The van der Waals surface area contributed by atoms with Crippen molar-refractivity contribution in [2.45, 2.75) is 56.7 Å². The quantitative estimate of drug-likeness (QED) is 0.267. The first-order chi connectivity index (χ1) is 23.8. The van der Waals surface area contributed by atoms with Gasteiger partial charge >= 0.3 is 0 Å². The van der Waals surface area contributed by atoms with E-state index >= 15 is 4.39 Å². The summed E-state index contributed by atoms with van der Waals surface area (Å²) < 4.78 is 15.8. The molecular weight excluding hydrogens is 619 g/mol. The van der Waals surface area contributed by atoms with Crippen molar-refractivity contribution in [2.75, 3.05) is 31.1 Å². The van der Waals surface area contributed by atoms with Gasteiger partial charge in [0.15, 0.2) is 0 Å². The molecule has 49 heavy (non-hydrogen) atoms. The first-order valence-electron chi connectivity index (χ1n) is 17.2. The average molecular weight is 659 g/mol. The SMILES string of the molecule is O=C1CCC(N2Cc3c(ccc(CN4CCN(c5ccc([C@@H]6c7ccc(O)cc7CC[C@@H]6c6ccccc6)cc5)CC4)c3F)C2=O)C(=O)N1. The molecular formula is C40H39FN4O4. The molecule has 8 rings (SSSR count). The van der Waals surface area contributed by atoms with Crippen LogP contribution in [0.15, 0.2) is 84.9 Å². The van der Waals surface area contributed by atoms with E-state index in [0.29, 0.717) is 34.9 Å². The summed E-state index contributed by atoms with van der Waals surface area (Å²) in [5, 5.41) is 12.5. The Hall–Kier alpha value is -5.02. The molecule has 2 fully saturated rings. The van der Waals surface area contributed by atoms with Gasteiger partial charge in [0.25, 0.3) is 5.91 Å². The summed E-state index contributed by atoms with van der Waals surface area (Å²) in [6.07, 6.45) is 2.38. The Morgan fingerprint density at radius 2 is 1.59 bits per heavy atom. The van der Waals surface area contributed by atoms with Crippen molar-refractivity contribution in [3.05, 3.63) is 130 Å². The van der Waals surface area contributed by atoms with Crippen LogP contribution in [0.2, 0.25) is 0 Å². The predicted molar refractivity (Wildman–Crippen MR) is 184 cm³/mol. The molecule has 4 aromatic carbocycles. The number of nitrogens with one attached hydrogen (secondary N) is 1. The number of halogens is 1. The normalized spacial score (nSPS) is 22.6. The Kier molecular flexibility index (Phi) is 8.15. The molecule has 1 unspecified atom stereocenters. The third-order valence-electron chi connectivity index (χ3n) is 10.9. The maximum Gasteiger partial charge on any atom is 0.255 e. The van der Waals surface area contributed by atoms with Gasteiger partial charge in [-0.2, -0.15) is 0 Å². The number of hydrogen-bond acceptors (Lipinski definition) is 6. The monoisotopic (exact) mass is 658 g/mol. The molecule has 3 aliphatic heterocycles. The highest BCUT2D eigenvalue weighted by Gasteiger charge is 2.40. The molecule has 0 aromatic heterocycles. The molecule has 0 bridgehead atoms. The van der Waals surface area contributed by atoms with Crippen LogP contribution < -0.4 is 10.2 Å². The van der Waals surface area contributed by atoms with Crippen LogP contribution in [0.4, 0.5) is 10.1 Å². The number of carbonyl (C=O) groups is 3. The summed E-state index contributed by atoms with van der Waals surface area (Å²) in [5.41, 5.74) is 7.44. The number of imide groups is 1. The maximum absolute atomic E-state index is 15.8. The van der Waals surface area contributed by atoms with E-state index in [1.165, 1.54) is 27.2 Å². The summed E-state index contributed by atoms with van der Waals surface area (Å²) in [5.74, 6) is -0.722. The molecule has 4 aromatic rings. The van der Waals surface area contributed by atoms with E-state index in [9.17, 15) is 19.5 Å². The Morgan fingerprint density at radius 3 is 2.35 bits per heavy atom. The summed E-state index contributed by atoms with van der Waals surface area (Å²) in [6, 6.07) is 28.1. The summed E-state index contributed by atoms with van der Waals surface area (Å²) in [4.78, 5) is 43.1. The molecule has 0 saturated carbocycles. The lowest BCUT2D eigenvalue weighted by atomic mass is 9.69. The van der Waals surface area contributed by atoms with E-state index in [4.69, 9.17) is 0 Å². The molecule has 8 nitrogen and oxygen atoms in total. The fraction of sp³-hybridized carbons (Fsp3) is 0.325. The number of hydrogen-bond donors (Lipinski definition) is 2. The van der Waals surface area contributed by atoms with Gasteiger partial charge in [0.05, 0.1) is 6.54 Å². The molecule has 9 heteroatoms. The average Bonchev–Trinajstić information content (AvgIpc) is 3.46. The number of aryl methyl sites for hydroxylation is 1. The second kappa shape index (κ2) is 12.8. The van der Waals surface area contributed by atoms with Gasteiger partial charge in [-0.1, -0.05) is 54.6 Å². The van der Waals surface area contributed by atoms with E-state index in [-0.39, 0.29) is 42.9 Å². The van der Waals surface area contributed by atoms with Gasteiger partial charge in [-0.3, -0.25) is 24.6 Å². The second-order valence-corrected chi connectivity index (χ2v) is 13.7. The van der Waals surface area contributed by atoms with E-state index in [1.807, 2.05) is 6.07 Å². The van der Waals surface area contributed by atoms with Crippen molar-refractivity contribution < 1.29 is 23.9 Å². The van der Waals surface area contributed by atoms with Gasteiger partial charge in [-0.15, -0.1) is 0 Å². The number of piperidine rings is 1. The van der Waals surface area contributed by atoms with Crippen LogP contribution in [-0.2, 0) is 29.1 Å². The highest BCUT2D eigenvalue weighted by Crippen LogP contribution is 2.47. The highest BCUT2D eigenvalue weighted by atomic mass is 19.1. The van der Waals surface area contributed by atoms with Crippen LogP contribution in [0.25, 0.3) is 0 Å². The van der Waals surface area contributed by atoms with E-state index < -0.39 is 11.9 Å². The van der Waals surface area contributed by atoms with Gasteiger partial charge in [-0.05, 0) is 77.8 Å². The number of carbonyl (C=O) groups excluding carboxylic acids is 3. The van der Waals surface area contributed by atoms with Crippen molar-refractivity contribution >= 4 is 23.4 Å². The van der Waals surface area contributed by atoms with Gasteiger partial charge in [0.2, 0.25) is 11.8 Å². The number of aromatic hydroxyl groups is 1. The largest absolute Gasteiger partial charge is 0.508 e. The smallest absolute Gasteiger partial charge is 0.255 e. The van der Waals surface area contributed by atoms with Crippen molar-refractivity contribution in [1.82, 2.24) is 15.1 Å². The van der Waals surface area contributed by atoms with Crippen LogP contribution in [0, 0.1) is 5.82 Å². The van der Waals surface area contributed by atoms with Gasteiger partial charge in [-0.25, -0.2) is 4.39 Å². The molecule has 0 spiro atoms. The zero-order chi connectivity index (χ0) is 33.6. The first-order valence-corrected chi connectivity index (χ1v) is 17.2. The Labute approximate surface area is 285 Å². The van der Waals surface area contributed by atoms with Crippen molar-refractivity contribution in [3.8, 4) is 5.75 Å². The lowest BCUT2D eigenvalue weighted by Crippen LogP contribution is -2.52. The molecule has 4 aliphatic rings. The lowest BCUT2D eigenvalue weighted by molar-refractivity contribution is -0.136. The third kappa shape index (κ3) is 5.86. The Bertz CT molecular complexity index is 1920. The zero-order valence-electron chi connectivity index (χ0n) is 27.3. The number of fused-ring (bicyclic) bond motifs is 2. The van der Waals surface area contributed by atoms with Crippen molar-refractivity contribution in [1.29, 1.82) is 0 Å². The standard InChI is InChI=1S/C40H39FN4O4/c41-38-28(9-14-33-34(38)24-45(40(33)49)35-16-17-36(47)42-39(35)48)23-43-18-20-44(21-19-43)29-10-6-26(7-11-29)37-31(25-4-2-1-3-5-25)13-8-27-22-30(46)12-15-32(27)37/h1-7,9-12,14-15,22,31,35,37,46H,8,13,16-21,23-24H2,(H,42,47,48)/t31-,35?,37+/m1/s1. The van der Waals surface area contributed by atoms with Crippen LogP contribution in [0.5, 0.6) is 5.75 Å². The zero-order valence-corrected chi connectivity index (χ0v) is 27.3. The number of piperazine rings is 1. The molecule has 1 aliphatic carbocycles. The minimum absolute atomic E-state index is 0.0326. The summed E-state index contributed by atoms with van der Waals surface area (Å²) in [6.45, 7) is 3.64. The van der Waals surface area contributed by atoms with Crippen LogP contribution >= 0.6 is 0 Å². The fourth-order valence-electron chi connectivity index (χ4n) is 8.35. The minimum atomic E-state index is -0.763. The number of phenols is 1. The molecule has 3 amide bonds. The lowest BCUT2D eigenvalue weighted by Gasteiger charge is -2.37. The summed E-state index contributed by atoms with van der Waals surface area (Å²) >= 11 is 0. The Morgan fingerprint density at radius 1 is 0.816 bits per heavy atom. The molecule has 2 N–H and O–H groups in total. The third-order valence-corrected chi connectivity index (χ3v) is 10.9. The number of rotatable bonds is 6. The maximum atomic E-state index is 15.8. The molecule has 3 heterocycles. The minimum Gasteiger partial charge on any atom is -0.508 e. The fourth-order valence-corrected chi connectivity index (χ4v) is 8.35. The number of benzene rings is 4. The van der Waals surface area contributed by atoms with Gasteiger partial charge in [0, 0.05) is 67.4 Å². The number of amides is 3. The van der Waals surface area contributed by atoms with Crippen LogP contribution in [0.1, 0.15) is 74.8 Å². The van der Waals surface area contributed by atoms with Gasteiger partial charge < -0.3 is 14.9 Å². The second-order valence-electron chi connectivity index (χ2n) is 13.7. The van der Waals surface area contributed by atoms with E-state index in [1.54, 1.807) is 18.2 Å². The van der Waals surface area contributed by atoms with Crippen LogP contribution in [-0.4, -0.2) is 64.8 Å². The van der Waals surface area contributed by atoms with Crippen molar-refractivity contribution in [2.24, 2.45) is 0 Å². The topological polar surface area (TPSA) is 93.2 Å². The summed E-state index contributed by atoms with van der Waals surface area (Å²) in [7, 11) is 0. The predicted octanol–water partition coefficient (Wildman–Crippen LogP) is 5.48. The molecule has 3 atom stereocenters. The van der Waals surface area contributed by atoms with Gasteiger partial charge in [0.1, 0.15) is 17.6 Å². The number of nitrogens with zero attached hydrogens (tertiary/aromatic N) is 3. The number of anilines is 1. The molecule has 0 radical (unpaired) electrons. The first kappa shape index (κ1) is 31.3. The van der Waals surface area contributed by atoms with Crippen LogP contribution in [0.3, 0.4) is 0 Å². The molecule has 2 saturated heterocycles. The Balaban J connectivity index is 0.934. The van der Waals surface area contributed by atoms with E-state index in [0.717, 1.165) is 44.7 Å². The van der Waals surface area contributed by atoms with Crippen molar-refractivity contribution in [3.63, 3.8) is 0 Å². The number of phenolic OH excluding ortho intramolecular Hbond substituents is 1. The highest BCUT2D eigenvalue weighted by molar-refractivity contribution is 6.05.